The van der Waals surface area contributed by atoms with Crippen molar-refractivity contribution in [3.8, 4) is 22.6 Å². The van der Waals surface area contributed by atoms with Gasteiger partial charge in [0.25, 0.3) is 5.56 Å². The fourth-order valence-electron chi connectivity index (χ4n) is 2.75. The van der Waals surface area contributed by atoms with Crippen molar-refractivity contribution in [2.45, 2.75) is 0 Å². The molecule has 0 fully saturated rings. The molecule has 4 nitrogen and oxygen atoms in total. The van der Waals surface area contributed by atoms with Crippen LogP contribution in [0.15, 0.2) is 65.0 Å². The lowest BCUT2D eigenvalue weighted by molar-refractivity contribution is 0.416. The molecule has 0 aliphatic rings. The number of methoxy groups -OCH3 is 1. The van der Waals surface area contributed by atoms with Crippen molar-refractivity contribution in [1.82, 2.24) is 9.55 Å². The van der Waals surface area contributed by atoms with Gasteiger partial charge >= 0.3 is 0 Å². The lowest BCUT2D eigenvalue weighted by Gasteiger charge is -2.08. The second-order valence-electron chi connectivity index (χ2n) is 5.42. The van der Waals surface area contributed by atoms with Crippen LogP contribution in [0.3, 0.4) is 0 Å². The maximum Gasteiger partial charge on any atom is 0.275 e. The molecule has 0 aliphatic carbocycles. The van der Waals surface area contributed by atoms with Gasteiger partial charge in [-0.25, -0.2) is 4.98 Å². The minimum Gasteiger partial charge on any atom is -0.496 e. The topological polar surface area (TPSA) is 44.1 Å². The number of ether oxygens (including phenoxy) is 1. The number of hydrogen-bond acceptors (Lipinski definition) is 4. The summed E-state index contributed by atoms with van der Waals surface area (Å²) in [4.78, 5) is 17.4. The zero-order chi connectivity index (χ0) is 17.4. The molecule has 0 saturated heterocycles. The van der Waals surface area contributed by atoms with Gasteiger partial charge in [-0.2, -0.15) is 0 Å². The standard InChI is InChI=1S/C19H13ClN2O2S/c1-24-16-5-3-2-4-14(16)15-10-25-18-17(15)21-11-22(19(18)23)13-8-6-12(20)7-9-13/h2-11H,1H3. The first-order valence-electron chi connectivity index (χ1n) is 7.57. The number of benzene rings is 2. The summed E-state index contributed by atoms with van der Waals surface area (Å²) in [5, 5.41) is 2.57. The molecule has 124 valence electrons. The third kappa shape index (κ3) is 2.71. The Balaban J connectivity index is 1.91. The van der Waals surface area contributed by atoms with Crippen LogP contribution in [-0.4, -0.2) is 16.7 Å². The molecule has 0 bridgehead atoms. The molecule has 4 aromatic rings. The monoisotopic (exact) mass is 368 g/mol. The average molecular weight is 369 g/mol. The lowest BCUT2D eigenvalue weighted by atomic mass is 10.1. The van der Waals surface area contributed by atoms with E-state index in [0.717, 1.165) is 22.6 Å². The second-order valence-corrected chi connectivity index (χ2v) is 6.74. The van der Waals surface area contributed by atoms with Gasteiger partial charge in [-0.3, -0.25) is 9.36 Å². The van der Waals surface area contributed by atoms with Crippen LogP contribution in [0.25, 0.3) is 27.0 Å². The Hall–Kier alpha value is -2.63. The van der Waals surface area contributed by atoms with Crippen LogP contribution in [0, 0.1) is 0 Å². The van der Waals surface area contributed by atoms with E-state index >= 15 is 0 Å². The van der Waals surface area contributed by atoms with E-state index in [1.807, 2.05) is 29.6 Å². The van der Waals surface area contributed by atoms with Crippen molar-refractivity contribution in [3.63, 3.8) is 0 Å². The van der Waals surface area contributed by atoms with Crippen molar-refractivity contribution in [2.75, 3.05) is 7.11 Å². The maximum absolute atomic E-state index is 12.9. The molecule has 6 heteroatoms. The highest BCUT2D eigenvalue weighted by Crippen LogP contribution is 2.36. The largest absolute Gasteiger partial charge is 0.496 e. The summed E-state index contributed by atoms with van der Waals surface area (Å²) in [6.07, 6.45) is 1.56. The minimum absolute atomic E-state index is 0.0986. The van der Waals surface area contributed by atoms with Gasteiger partial charge < -0.3 is 4.74 Å². The molecule has 0 unspecified atom stereocenters. The molecule has 0 saturated carbocycles. The Morgan fingerprint density at radius 2 is 1.84 bits per heavy atom. The number of para-hydroxylation sites is 1. The molecule has 0 amide bonds. The van der Waals surface area contributed by atoms with Crippen LogP contribution in [0.4, 0.5) is 0 Å². The van der Waals surface area contributed by atoms with E-state index in [9.17, 15) is 4.79 Å². The predicted molar refractivity (Wildman–Crippen MR) is 102 cm³/mol. The van der Waals surface area contributed by atoms with Gasteiger partial charge in [0.2, 0.25) is 0 Å². The Morgan fingerprint density at radius 3 is 2.60 bits per heavy atom. The van der Waals surface area contributed by atoms with Crippen LogP contribution < -0.4 is 10.3 Å². The van der Waals surface area contributed by atoms with Gasteiger partial charge in [-0.1, -0.05) is 29.8 Å². The van der Waals surface area contributed by atoms with Crippen LogP contribution in [-0.2, 0) is 0 Å². The van der Waals surface area contributed by atoms with Gasteiger partial charge in [-0.15, -0.1) is 11.3 Å². The van der Waals surface area contributed by atoms with Crippen LogP contribution in [0.1, 0.15) is 0 Å². The molecule has 0 atom stereocenters. The Labute approximate surface area is 152 Å². The lowest BCUT2D eigenvalue weighted by Crippen LogP contribution is -2.17. The average Bonchev–Trinajstić information content (AvgIpc) is 3.08. The van der Waals surface area contributed by atoms with Gasteiger partial charge in [0.15, 0.2) is 0 Å². The smallest absolute Gasteiger partial charge is 0.275 e. The Kier molecular flexibility index (Phi) is 4.03. The van der Waals surface area contributed by atoms with E-state index < -0.39 is 0 Å². The van der Waals surface area contributed by atoms with Gasteiger partial charge in [-0.05, 0) is 30.3 Å². The third-order valence-electron chi connectivity index (χ3n) is 3.98. The number of hydrogen-bond donors (Lipinski definition) is 0. The molecule has 4 rings (SSSR count). The fourth-order valence-corrected chi connectivity index (χ4v) is 3.83. The summed E-state index contributed by atoms with van der Waals surface area (Å²) >= 11 is 7.31. The highest BCUT2D eigenvalue weighted by atomic mass is 35.5. The normalized spacial score (nSPS) is 11.0. The van der Waals surface area contributed by atoms with E-state index in [-0.39, 0.29) is 5.56 Å². The Bertz CT molecular complexity index is 1120. The molecule has 2 aromatic carbocycles. The quantitative estimate of drug-likeness (QED) is 0.523. The highest BCUT2D eigenvalue weighted by molar-refractivity contribution is 7.17. The van der Waals surface area contributed by atoms with Crippen LogP contribution >= 0.6 is 22.9 Å². The van der Waals surface area contributed by atoms with Gasteiger partial charge in [0.05, 0.1) is 18.3 Å². The number of rotatable bonds is 3. The van der Waals surface area contributed by atoms with Crippen molar-refractivity contribution in [2.24, 2.45) is 0 Å². The maximum atomic E-state index is 12.9. The van der Waals surface area contributed by atoms with Crippen LogP contribution in [0.5, 0.6) is 5.75 Å². The van der Waals surface area contributed by atoms with Crippen molar-refractivity contribution in [3.05, 3.63) is 75.6 Å². The van der Waals surface area contributed by atoms with E-state index in [1.54, 1.807) is 37.7 Å². The summed E-state index contributed by atoms with van der Waals surface area (Å²) in [6.45, 7) is 0. The van der Waals surface area contributed by atoms with Crippen molar-refractivity contribution in [1.29, 1.82) is 0 Å². The number of halogens is 1. The van der Waals surface area contributed by atoms with E-state index in [0.29, 0.717) is 15.2 Å². The molecule has 25 heavy (non-hydrogen) atoms. The summed E-state index contributed by atoms with van der Waals surface area (Å²) in [5.41, 5.74) is 3.14. The van der Waals surface area contributed by atoms with Gasteiger partial charge in [0, 0.05) is 21.5 Å². The number of aromatic nitrogens is 2. The molecule has 0 aliphatic heterocycles. The predicted octanol–water partition coefficient (Wildman–Crippen LogP) is 4.78. The first kappa shape index (κ1) is 15.9. The fraction of sp³-hybridized carbons (Fsp3) is 0.0526. The molecule has 2 heterocycles. The highest BCUT2D eigenvalue weighted by Gasteiger charge is 2.15. The molecule has 0 radical (unpaired) electrons. The summed E-state index contributed by atoms with van der Waals surface area (Å²) in [7, 11) is 1.63. The van der Waals surface area contributed by atoms with Crippen molar-refractivity contribution < 1.29 is 4.74 Å². The summed E-state index contributed by atoms with van der Waals surface area (Å²) < 4.78 is 7.57. The van der Waals surface area contributed by atoms with E-state index in [4.69, 9.17) is 16.3 Å². The number of nitrogens with zero attached hydrogens (tertiary/aromatic N) is 2. The minimum atomic E-state index is -0.0986. The Morgan fingerprint density at radius 1 is 1.08 bits per heavy atom. The summed E-state index contributed by atoms with van der Waals surface area (Å²) in [6, 6.07) is 14.8. The molecule has 2 aromatic heterocycles. The molecule has 0 spiro atoms. The molecular formula is C19H13ClN2O2S. The molecular weight excluding hydrogens is 356 g/mol. The first-order chi connectivity index (χ1) is 12.2. The zero-order valence-corrected chi connectivity index (χ0v) is 14.8. The van der Waals surface area contributed by atoms with Crippen molar-refractivity contribution >= 4 is 33.2 Å². The van der Waals surface area contributed by atoms with Gasteiger partial charge in [0.1, 0.15) is 16.8 Å². The molecule has 0 N–H and O–H groups in total. The number of thiophene rings is 1. The third-order valence-corrected chi connectivity index (χ3v) is 5.19. The number of fused-ring (bicyclic) bond motifs is 1. The summed E-state index contributed by atoms with van der Waals surface area (Å²) in [5.74, 6) is 0.755. The van der Waals surface area contributed by atoms with Crippen LogP contribution in [0.2, 0.25) is 5.02 Å². The SMILES string of the molecule is COc1ccccc1-c1csc2c(=O)n(-c3ccc(Cl)cc3)cnc12. The second kappa shape index (κ2) is 6.35. The van der Waals surface area contributed by atoms with E-state index in [1.165, 1.54) is 15.9 Å². The zero-order valence-electron chi connectivity index (χ0n) is 13.3. The van der Waals surface area contributed by atoms with E-state index in [2.05, 4.69) is 4.98 Å². The first-order valence-corrected chi connectivity index (χ1v) is 8.83.